The molecule has 0 radical (unpaired) electrons. The monoisotopic (exact) mass is 525 g/mol. The van der Waals surface area contributed by atoms with Gasteiger partial charge in [-0.2, -0.15) is 0 Å². The van der Waals surface area contributed by atoms with Crippen LogP contribution in [-0.2, 0) is 0 Å². The van der Waals surface area contributed by atoms with E-state index in [9.17, 15) is 4.79 Å². The number of halogens is 1. The van der Waals surface area contributed by atoms with Gasteiger partial charge in [-0.15, -0.1) is 11.3 Å². The van der Waals surface area contributed by atoms with Crippen LogP contribution in [0.5, 0.6) is 11.5 Å². The SMILES string of the molecule is CC(Oc1cc(-n2cnc3ccccc32)sc1C(N)=O)c1cccc(OCCN2CCNCC2)c1Cl. The third-order valence-corrected chi connectivity index (χ3v) is 7.74. The van der Waals surface area contributed by atoms with Crippen LogP contribution in [0.3, 0.4) is 0 Å². The zero-order valence-electron chi connectivity index (χ0n) is 19.9. The number of fused-ring (bicyclic) bond motifs is 1. The van der Waals surface area contributed by atoms with Crippen molar-refractivity contribution in [1.29, 1.82) is 0 Å². The van der Waals surface area contributed by atoms with Crippen molar-refractivity contribution >= 4 is 39.9 Å². The van der Waals surface area contributed by atoms with Gasteiger partial charge in [-0.3, -0.25) is 14.3 Å². The second-order valence-corrected chi connectivity index (χ2v) is 10.0. The van der Waals surface area contributed by atoms with E-state index in [-0.39, 0.29) is 0 Å². The lowest BCUT2D eigenvalue weighted by atomic mass is 10.1. The minimum absolute atomic E-state index is 0.342. The standard InChI is InChI=1S/C26H28ClN5O3S/c1-17(18-5-4-8-21(24(18)27)34-14-13-31-11-9-29-10-12-31)35-22-15-23(36-25(22)26(28)33)32-16-30-19-6-2-3-7-20(19)32/h2-8,15-17,29H,9-14H2,1H3,(H2,28,33). The van der Waals surface area contributed by atoms with Gasteiger partial charge in [0, 0.05) is 44.4 Å². The van der Waals surface area contributed by atoms with E-state index in [1.807, 2.05) is 60.0 Å². The Labute approximate surface area is 218 Å². The molecule has 1 unspecified atom stereocenters. The summed E-state index contributed by atoms with van der Waals surface area (Å²) in [6.07, 6.45) is 1.29. The normalized spacial score (nSPS) is 15.2. The molecule has 3 heterocycles. The first-order valence-corrected chi connectivity index (χ1v) is 13.1. The van der Waals surface area contributed by atoms with Crippen molar-refractivity contribution in [2.75, 3.05) is 39.3 Å². The van der Waals surface area contributed by atoms with Crippen LogP contribution in [0.15, 0.2) is 54.9 Å². The Morgan fingerprint density at radius 1 is 1.19 bits per heavy atom. The number of carbonyl (C=O) groups is 1. The Bertz CT molecular complexity index is 1360. The number of carbonyl (C=O) groups excluding carboxylic acids is 1. The van der Waals surface area contributed by atoms with Crippen molar-refractivity contribution in [1.82, 2.24) is 19.8 Å². The molecule has 36 heavy (non-hydrogen) atoms. The zero-order chi connectivity index (χ0) is 25.1. The average molecular weight is 526 g/mol. The Morgan fingerprint density at radius 3 is 2.81 bits per heavy atom. The average Bonchev–Trinajstić information content (AvgIpc) is 3.50. The van der Waals surface area contributed by atoms with E-state index in [1.54, 1.807) is 6.33 Å². The number of nitrogens with two attached hydrogens (primary N) is 1. The van der Waals surface area contributed by atoms with Gasteiger partial charge in [0.15, 0.2) is 0 Å². The fourth-order valence-electron chi connectivity index (χ4n) is 4.30. The number of primary amides is 1. The van der Waals surface area contributed by atoms with Gasteiger partial charge >= 0.3 is 0 Å². The molecule has 2 aromatic heterocycles. The molecule has 1 aliphatic heterocycles. The van der Waals surface area contributed by atoms with Crippen LogP contribution in [0.2, 0.25) is 5.02 Å². The molecule has 1 saturated heterocycles. The number of hydrogen-bond donors (Lipinski definition) is 2. The van der Waals surface area contributed by atoms with Crippen molar-refractivity contribution in [3.05, 3.63) is 70.3 Å². The summed E-state index contributed by atoms with van der Waals surface area (Å²) in [5.41, 5.74) is 8.26. The molecule has 3 N–H and O–H groups in total. The van der Waals surface area contributed by atoms with Crippen molar-refractivity contribution in [3.8, 4) is 16.5 Å². The molecule has 4 aromatic rings. The van der Waals surface area contributed by atoms with Crippen LogP contribution in [0.1, 0.15) is 28.3 Å². The van der Waals surface area contributed by atoms with Gasteiger partial charge in [0.25, 0.3) is 5.91 Å². The Morgan fingerprint density at radius 2 is 2.00 bits per heavy atom. The summed E-state index contributed by atoms with van der Waals surface area (Å²) in [7, 11) is 0. The number of aromatic nitrogens is 2. The maximum absolute atomic E-state index is 12.2. The molecule has 0 spiro atoms. The molecule has 2 aromatic carbocycles. The minimum atomic E-state index is -0.547. The molecule has 0 bridgehead atoms. The summed E-state index contributed by atoms with van der Waals surface area (Å²) in [6.45, 7) is 7.32. The molecule has 10 heteroatoms. The van der Waals surface area contributed by atoms with Gasteiger partial charge in [0.2, 0.25) is 0 Å². The van der Waals surface area contributed by atoms with Gasteiger partial charge in [0.1, 0.15) is 40.4 Å². The minimum Gasteiger partial charge on any atom is -0.491 e. The highest BCUT2D eigenvalue weighted by atomic mass is 35.5. The summed E-state index contributed by atoms with van der Waals surface area (Å²) >= 11 is 7.98. The summed E-state index contributed by atoms with van der Waals surface area (Å²) in [5.74, 6) is 0.480. The lowest BCUT2D eigenvalue weighted by Crippen LogP contribution is -2.44. The number of imidazole rings is 1. The quantitative estimate of drug-likeness (QED) is 0.339. The second-order valence-electron chi connectivity index (χ2n) is 8.61. The van der Waals surface area contributed by atoms with E-state index in [0.717, 1.165) is 54.3 Å². The summed E-state index contributed by atoms with van der Waals surface area (Å²) in [4.78, 5) is 19.4. The Hall–Kier alpha value is -3.11. The number of benzene rings is 2. The van der Waals surface area contributed by atoms with Crippen LogP contribution in [0.4, 0.5) is 0 Å². The molecule has 0 saturated carbocycles. The molecule has 8 nitrogen and oxygen atoms in total. The molecule has 1 aliphatic rings. The van der Waals surface area contributed by atoms with E-state index >= 15 is 0 Å². The van der Waals surface area contributed by atoms with Gasteiger partial charge in [-0.1, -0.05) is 35.9 Å². The second kappa shape index (κ2) is 10.9. The van der Waals surface area contributed by atoms with Gasteiger partial charge < -0.3 is 20.5 Å². The maximum Gasteiger partial charge on any atom is 0.262 e. The van der Waals surface area contributed by atoms with Crippen molar-refractivity contribution in [2.45, 2.75) is 13.0 Å². The summed E-state index contributed by atoms with van der Waals surface area (Å²) in [5, 5.41) is 4.64. The molecule has 5 rings (SSSR count). The van der Waals surface area contributed by atoms with Crippen molar-refractivity contribution < 1.29 is 14.3 Å². The third kappa shape index (κ3) is 5.19. The number of piperazine rings is 1. The fraction of sp³-hybridized carbons (Fsp3) is 0.308. The molecule has 0 aliphatic carbocycles. The first kappa shape index (κ1) is 24.6. The number of para-hydroxylation sites is 2. The van der Waals surface area contributed by atoms with Crippen LogP contribution in [0.25, 0.3) is 16.0 Å². The van der Waals surface area contributed by atoms with E-state index in [2.05, 4.69) is 15.2 Å². The third-order valence-electron chi connectivity index (χ3n) is 6.21. The van der Waals surface area contributed by atoms with Crippen LogP contribution in [0, 0.1) is 0 Å². The highest BCUT2D eigenvalue weighted by Crippen LogP contribution is 2.38. The van der Waals surface area contributed by atoms with E-state index in [0.29, 0.717) is 28.0 Å². The highest BCUT2D eigenvalue weighted by Gasteiger charge is 2.22. The number of amides is 1. The largest absolute Gasteiger partial charge is 0.491 e. The Balaban J connectivity index is 1.33. The number of ether oxygens (including phenoxy) is 2. The number of hydrogen-bond acceptors (Lipinski definition) is 7. The summed E-state index contributed by atoms with van der Waals surface area (Å²) in [6, 6.07) is 15.3. The topological polar surface area (TPSA) is 94.6 Å². The number of rotatable bonds is 9. The number of nitrogens with zero attached hydrogens (tertiary/aromatic N) is 3. The van der Waals surface area contributed by atoms with E-state index in [1.165, 1.54) is 11.3 Å². The number of nitrogens with one attached hydrogen (secondary N) is 1. The van der Waals surface area contributed by atoms with Crippen LogP contribution in [-0.4, -0.2) is 59.7 Å². The van der Waals surface area contributed by atoms with E-state index < -0.39 is 12.0 Å². The molecule has 1 amide bonds. The van der Waals surface area contributed by atoms with Gasteiger partial charge in [-0.25, -0.2) is 4.98 Å². The first-order chi connectivity index (χ1) is 17.5. The van der Waals surface area contributed by atoms with Crippen LogP contribution < -0.4 is 20.5 Å². The molecular formula is C26H28ClN5O3S. The van der Waals surface area contributed by atoms with Gasteiger partial charge in [0.05, 0.1) is 16.1 Å². The van der Waals surface area contributed by atoms with Crippen LogP contribution >= 0.6 is 22.9 Å². The Kier molecular flexibility index (Phi) is 7.43. The van der Waals surface area contributed by atoms with Gasteiger partial charge in [-0.05, 0) is 25.1 Å². The number of thiophene rings is 1. The molecule has 1 atom stereocenters. The first-order valence-electron chi connectivity index (χ1n) is 11.9. The van der Waals surface area contributed by atoms with Crippen molar-refractivity contribution in [2.24, 2.45) is 5.73 Å². The predicted molar refractivity (Wildman–Crippen MR) is 143 cm³/mol. The lowest BCUT2D eigenvalue weighted by molar-refractivity contribution is 0.0998. The molecular weight excluding hydrogens is 498 g/mol. The van der Waals surface area contributed by atoms with E-state index in [4.69, 9.17) is 26.8 Å². The molecule has 1 fully saturated rings. The maximum atomic E-state index is 12.2. The highest BCUT2D eigenvalue weighted by molar-refractivity contribution is 7.16. The lowest BCUT2D eigenvalue weighted by Gasteiger charge is -2.27. The predicted octanol–water partition coefficient (Wildman–Crippen LogP) is 4.26. The molecule has 188 valence electrons. The summed E-state index contributed by atoms with van der Waals surface area (Å²) < 4.78 is 14.2. The fourth-order valence-corrected chi connectivity index (χ4v) is 5.56. The zero-order valence-corrected chi connectivity index (χ0v) is 21.5. The smallest absolute Gasteiger partial charge is 0.262 e. The van der Waals surface area contributed by atoms with Crippen molar-refractivity contribution in [3.63, 3.8) is 0 Å².